The van der Waals surface area contributed by atoms with Crippen LogP contribution in [0.25, 0.3) is 0 Å². The summed E-state index contributed by atoms with van der Waals surface area (Å²) in [4.78, 5) is 11.2. The minimum absolute atomic E-state index is 0.115. The third kappa shape index (κ3) is 3.13. The predicted molar refractivity (Wildman–Crippen MR) is 69.2 cm³/mol. The summed E-state index contributed by atoms with van der Waals surface area (Å²) in [7, 11) is 0. The molecule has 17 heavy (non-hydrogen) atoms. The molecule has 0 fully saturated rings. The minimum atomic E-state index is -1.04. The van der Waals surface area contributed by atoms with E-state index in [0.29, 0.717) is 5.56 Å². The van der Waals surface area contributed by atoms with Crippen LogP contribution in [0.4, 0.5) is 10.1 Å². The molecule has 1 aromatic rings. The van der Waals surface area contributed by atoms with Gasteiger partial charge in [0.2, 0.25) is 5.91 Å². The van der Waals surface area contributed by atoms with Crippen molar-refractivity contribution < 1.29 is 9.18 Å². The zero-order chi connectivity index (χ0) is 13.2. The lowest BCUT2D eigenvalue weighted by Crippen LogP contribution is -2.45. The van der Waals surface area contributed by atoms with Crippen LogP contribution < -0.4 is 16.8 Å². The van der Waals surface area contributed by atoms with E-state index in [1.807, 2.05) is 0 Å². The van der Waals surface area contributed by atoms with Crippen LogP contribution in [0.5, 0.6) is 0 Å². The van der Waals surface area contributed by atoms with Gasteiger partial charge in [0.15, 0.2) is 0 Å². The number of carbonyl (C=O) groups is 1. The van der Waals surface area contributed by atoms with Crippen LogP contribution in [-0.2, 0) is 4.79 Å². The largest absolute Gasteiger partial charge is 0.389 e. The van der Waals surface area contributed by atoms with Gasteiger partial charge in [-0.05, 0) is 32.0 Å². The Morgan fingerprint density at radius 1 is 1.41 bits per heavy atom. The van der Waals surface area contributed by atoms with E-state index in [9.17, 15) is 9.18 Å². The molecule has 0 aliphatic rings. The van der Waals surface area contributed by atoms with Crippen LogP contribution in [0.2, 0.25) is 0 Å². The summed E-state index contributed by atoms with van der Waals surface area (Å²) in [5.41, 5.74) is 10.1. The molecule has 0 spiro atoms. The Bertz CT molecular complexity index is 474. The first kappa shape index (κ1) is 13.4. The van der Waals surface area contributed by atoms with Crippen molar-refractivity contribution in [1.29, 1.82) is 0 Å². The molecule has 1 amide bonds. The number of amides is 1. The van der Waals surface area contributed by atoms with Gasteiger partial charge in [-0.25, -0.2) is 4.39 Å². The smallest absolute Gasteiger partial charge is 0.242 e. The zero-order valence-corrected chi connectivity index (χ0v) is 10.4. The Labute approximate surface area is 104 Å². The monoisotopic (exact) mass is 255 g/mol. The van der Waals surface area contributed by atoms with E-state index in [0.717, 1.165) is 0 Å². The van der Waals surface area contributed by atoms with E-state index in [1.54, 1.807) is 19.9 Å². The van der Waals surface area contributed by atoms with Crippen LogP contribution in [0.15, 0.2) is 18.2 Å². The lowest BCUT2D eigenvalue weighted by Gasteiger charge is -2.24. The first-order chi connectivity index (χ1) is 7.74. The number of rotatable bonds is 4. The lowest BCUT2D eigenvalue weighted by molar-refractivity contribution is -0.121. The summed E-state index contributed by atoms with van der Waals surface area (Å²) in [6, 6.07) is 4.25. The van der Waals surface area contributed by atoms with Gasteiger partial charge in [-0.2, -0.15) is 0 Å². The number of anilines is 1. The van der Waals surface area contributed by atoms with E-state index in [2.05, 4.69) is 5.32 Å². The maximum atomic E-state index is 13.7. The number of hydrogen-bond acceptors (Lipinski definition) is 3. The maximum absolute atomic E-state index is 13.7. The number of hydrogen-bond donors (Lipinski definition) is 3. The average molecular weight is 255 g/mol. The van der Waals surface area contributed by atoms with Gasteiger partial charge in [0.05, 0.1) is 5.69 Å². The second-order valence-corrected chi connectivity index (χ2v) is 4.61. The fourth-order valence-corrected chi connectivity index (χ4v) is 1.29. The van der Waals surface area contributed by atoms with E-state index < -0.39 is 17.3 Å². The molecule has 92 valence electrons. The van der Waals surface area contributed by atoms with Crippen molar-refractivity contribution in [3.8, 4) is 0 Å². The van der Waals surface area contributed by atoms with Gasteiger partial charge in [-0.1, -0.05) is 12.2 Å². The SMILES string of the molecule is CC(C)(Nc1ccc(C(N)=S)cc1F)C(N)=O. The number of primary amides is 1. The van der Waals surface area contributed by atoms with Gasteiger partial charge < -0.3 is 16.8 Å². The Balaban J connectivity index is 3.02. The number of nitrogens with one attached hydrogen (secondary N) is 1. The first-order valence-corrected chi connectivity index (χ1v) is 5.32. The highest BCUT2D eigenvalue weighted by Gasteiger charge is 2.25. The van der Waals surface area contributed by atoms with E-state index in [4.69, 9.17) is 23.7 Å². The van der Waals surface area contributed by atoms with Gasteiger partial charge in [-0.3, -0.25) is 4.79 Å². The Morgan fingerprint density at radius 3 is 2.41 bits per heavy atom. The molecule has 0 aromatic heterocycles. The summed E-state index contributed by atoms with van der Waals surface area (Å²) in [5.74, 6) is -1.11. The molecular formula is C11H14FN3OS. The summed E-state index contributed by atoms with van der Waals surface area (Å²) in [6.45, 7) is 3.13. The molecular weight excluding hydrogens is 241 g/mol. The highest BCUT2D eigenvalue weighted by Crippen LogP contribution is 2.20. The molecule has 0 atom stereocenters. The van der Waals surface area contributed by atoms with Crippen molar-refractivity contribution in [3.63, 3.8) is 0 Å². The minimum Gasteiger partial charge on any atom is -0.389 e. The van der Waals surface area contributed by atoms with E-state index >= 15 is 0 Å². The first-order valence-electron chi connectivity index (χ1n) is 4.91. The number of benzene rings is 1. The highest BCUT2D eigenvalue weighted by molar-refractivity contribution is 7.80. The third-order valence-corrected chi connectivity index (χ3v) is 2.55. The zero-order valence-electron chi connectivity index (χ0n) is 9.58. The Kier molecular flexibility index (Phi) is 3.67. The highest BCUT2D eigenvalue weighted by atomic mass is 32.1. The van der Waals surface area contributed by atoms with Crippen molar-refractivity contribution in [3.05, 3.63) is 29.6 Å². The quantitative estimate of drug-likeness (QED) is 0.705. The van der Waals surface area contributed by atoms with Gasteiger partial charge in [0.25, 0.3) is 0 Å². The second kappa shape index (κ2) is 4.67. The van der Waals surface area contributed by atoms with Gasteiger partial charge in [-0.15, -0.1) is 0 Å². The molecule has 0 bridgehead atoms. The van der Waals surface area contributed by atoms with Gasteiger partial charge >= 0.3 is 0 Å². The molecule has 0 heterocycles. The normalized spacial score (nSPS) is 11.0. The summed E-state index contributed by atoms with van der Waals surface area (Å²) >= 11 is 4.73. The number of halogens is 1. The molecule has 1 rings (SSSR count). The van der Waals surface area contributed by atoms with Gasteiger partial charge in [0.1, 0.15) is 16.3 Å². The second-order valence-electron chi connectivity index (χ2n) is 4.17. The van der Waals surface area contributed by atoms with E-state index in [1.165, 1.54) is 12.1 Å². The summed E-state index contributed by atoms with van der Waals surface area (Å²) in [6.07, 6.45) is 0. The summed E-state index contributed by atoms with van der Waals surface area (Å²) in [5, 5.41) is 2.72. The molecule has 0 radical (unpaired) electrons. The maximum Gasteiger partial charge on any atom is 0.242 e. The molecule has 0 unspecified atom stereocenters. The number of carbonyl (C=O) groups excluding carboxylic acids is 1. The molecule has 0 aliphatic carbocycles. The molecule has 0 saturated carbocycles. The van der Waals surface area contributed by atoms with Crippen molar-refractivity contribution in [2.24, 2.45) is 11.5 Å². The van der Waals surface area contributed by atoms with Crippen LogP contribution in [-0.4, -0.2) is 16.4 Å². The molecule has 1 aromatic carbocycles. The van der Waals surface area contributed by atoms with Crippen molar-refractivity contribution in [2.75, 3.05) is 5.32 Å². The van der Waals surface area contributed by atoms with Crippen LogP contribution in [0, 0.1) is 5.82 Å². The van der Waals surface area contributed by atoms with Crippen molar-refractivity contribution in [1.82, 2.24) is 0 Å². The standard InChI is InChI=1S/C11H14FN3OS/c1-11(2,10(14)16)15-8-4-3-6(9(13)17)5-7(8)12/h3-5,15H,1-2H3,(H2,13,17)(H2,14,16). The molecule has 5 N–H and O–H groups in total. The van der Waals surface area contributed by atoms with Crippen molar-refractivity contribution in [2.45, 2.75) is 19.4 Å². The molecule has 0 aliphatic heterocycles. The predicted octanol–water partition coefficient (Wildman–Crippen LogP) is 1.14. The average Bonchev–Trinajstić information content (AvgIpc) is 2.20. The molecule has 6 heteroatoms. The van der Waals surface area contributed by atoms with Crippen LogP contribution >= 0.6 is 12.2 Å². The third-order valence-electron chi connectivity index (χ3n) is 2.32. The van der Waals surface area contributed by atoms with Crippen LogP contribution in [0.3, 0.4) is 0 Å². The number of thiocarbonyl (C=S) groups is 1. The Hall–Kier alpha value is -1.69. The Morgan fingerprint density at radius 2 is 2.00 bits per heavy atom. The lowest BCUT2D eigenvalue weighted by atomic mass is 10.0. The van der Waals surface area contributed by atoms with Gasteiger partial charge in [0, 0.05) is 5.56 Å². The van der Waals surface area contributed by atoms with Crippen molar-refractivity contribution >= 4 is 28.8 Å². The number of nitrogens with two attached hydrogens (primary N) is 2. The fourth-order valence-electron chi connectivity index (χ4n) is 1.17. The topological polar surface area (TPSA) is 81.1 Å². The fraction of sp³-hybridized carbons (Fsp3) is 0.273. The van der Waals surface area contributed by atoms with E-state index in [-0.39, 0.29) is 10.7 Å². The van der Waals surface area contributed by atoms with Crippen LogP contribution in [0.1, 0.15) is 19.4 Å². The molecule has 4 nitrogen and oxygen atoms in total. The summed E-state index contributed by atoms with van der Waals surface area (Å²) < 4.78 is 13.7. The molecule has 0 saturated heterocycles.